The first kappa shape index (κ1) is 20.1. The maximum absolute atomic E-state index is 13.4. The summed E-state index contributed by atoms with van der Waals surface area (Å²) in [7, 11) is 0. The monoisotopic (exact) mass is 429 g/mol. The Kier molecular flexibility index (Phi) is 6.36. The highest BCUT2D eigenvalue weighted by molar-refractivity contribution is 8.01. The molecule has 2 atom stereocenters. The molecule has 144 valence electrons. The number of likely N-dealkylation sites (tertiary alicyclic amines) is 1. The van der Waals surface area contributed by atoms with Gasteiger partial charge in [-0.1, -0.05) is 29.4 Å². The summed E-state index contributed by atoms with van der Waals surface area (Å²) in [6.45, 7) is 0.471. The summed E-state index contributed by atoms with van der Waals surface area (Å²) in [5.74, 6) is -0.967. The second-order valence-corrected chi connectivity index (χ2v) is 8.65. The van der Waals surface area contributed by atoms with Gasteiger partial charge in [0.2, 0.25) is 5.91 Å². The first-order valence-corrected chi connectivity index (χ1v) is 10.4. The van der Waals surface area contributed by atoms with E-state index < -0.39 is 17.8 Å². The molecule has 1 aromatic carbocycles. The van der Waals surface area contributed by atoms with Gasteiger partial charge in [0.1, 0.15) is 5.82 Å². The lowest BCUT2D eigenvalue weighted by Crippen LogP contribution is -2.41. The number of benzene rings is 1. The van der Waals surface area contributed by atoms with E-state index in [0.717, 1.165) is 0 Å². The van der Waals surface area contributed by atoms with Crippen molar-refractivity contribution in [2.75, 3.05) is 12.3 Å². The highest BCUT2D eigenvalue weighted by Crippen LogP contribution is 2.31. The number of hydrogen-bond donors (Lipinski definition) is 2. The molecule has 1 fully saturated rings. The Balaban J connectivity index is 1.63. The topological polar surface area (TPSA) is 96.5 Å². The first-order chi connectivity index (χ1) is 12.9. The van der Waals surface area contributed by atoms with Crippen LogP contribution in [0.3, 0.4) is 0 Å². The summed E-state index contributed by atoms with van der Waals surface area (Å²) in [5.41, 5.74) is 7.04. The number of rotatable bonds is 7. The van der Waals surface area contributed by atoms with Gasteiger partial charge in [0.25, 0.3) is 0 Å². The second kappa shape index (κ2) is 8.55. The van der Waals surface area contributed by atoms with Crippen LogP contribution in [-0.2, 0) is 4.79 Å². The quantitative estimate of drug-likeness (QED) is 0.654. The number of aromatic nitrogens is 1. The fourth-order valence-corrected chi connectivity index (χ4v) is 5.01. The molecule has 0 radical (unpaired) electrons. The van der Waals surface area contributed by atoms with Gasteiger partial charge in [-0.05, 0) is 24.1 Å². The molecule has 0 bridgehead atoms. The minimum Gasteiger partial charge on any atom is -0.476 e. The lowest BCUT2D eigenvalue weighted by Gasteiger charge is -2.29. The van der Waals surface area contributed by atoms with Crippen molar-refractivity contribution in [3.05, 3.63) is 45.7 Å². The number of carboxylic acid groups (broad SMARTS) is 1. The largest absolute Gasteiger partial charge is 0.476 e. The number of carbonyl (C=O) groups excluding carboxylic acids is 1. The van der Waals surface area contributed by atoms with E-state index in [4.69, 9.17) is 22.4 Å². The van der Waals surface area contributed by atoms with E-state index in [1.54, 1.807) is 11.0 Å². The Morgan fingerprint density at radius 1 is 1.56 bits per heavy atom. The molecule has 1 aliphatic rings. The molecule has 1 aliphatic heterocycles. The average molecular weight is 430 g/mol. The number of hydrogen-bond acceptors (Lipinski definition) is 6. The number of carboxylic acids is 1. The molecular formula is C17H17ClFN3O3S2. The third kappa shape index (κ3) is 4.60. The fourth-order valence-electron chi connectivity index (χ4n) is 3.01. The summed E-state index contributed by atoms with van der Waals surface area (Å²) in [6, 6.07) is 3.71. The van der Waals surface area contributed by atoms with Gasteiger partial charge >= 0.3 is 5.97 Å². The van der Waals surface area contributed by atoms with Crippen LogP contribution in [0, 0.1) is 5.82 Å². The molecule has 2 heterocycles. The molecular weight excluding hydrogens is 413 g/mol. The molecule has 0 aliphatic carbocycles. The average Bonchev–Trinajstić information content (AvgIpc) is 3.24. The Hall–Kier alpha value is -1.68. The van der Waals surface area contributed by atoms with Crippen LogP contribution in [0.2, 0.25) is 5.02 Å². The Bertz CT molecular complexity index is 864. The van der Waals surface area contributed by atoms with Crippen molar-refractivity contribution in [2.45, 2.75) is 29.3 Å². The molecule has 2 aromatic rings. The van der Waals surface area contributed by atoms with Crippen LogP contribution in [0.25, 0.3) is 0 Å². The van der Waals surface area contributed by atoms with Gasteiger partial charge in [-0.25, -0.2) is 14.2 Å². The van der Waals surface area contributed by atoms with Gasteiger partial charge in [-0.3, -0.25) is 4.79 Å². The van der Waals surface area contributed by atoms with E-state index >= 15 is 0 Å². The lowest BCUT2D eigenvalue weighted by molar-refractivity contribution is -0.128. The van der Waals surface area contributed by atoms with Crippen molar-refractivity contribution in [3.8, 4) is 0 Å². The van der Waals surface area contributed by atoms with Crippen LogP contribution in [0.5, 0.6) is 0 Å². The van der Waals surface area contributed by atoms with Crippen molar-refractivity contribution in [1.82, 2.24) is 9.88 Å². The van der Waals surface area contributed by atoms with Gasteiger partial charge < -0.3 is 15.7 Å². The van der Waals surface area contributed by atoms with Gasteiger partial charge in [0.15, 0.2) is 10.0 Å². The molecule has 1 aromatic heterocycles. The predicted octanol–water partition coefficient (Wildman–Crippen LogP) is 3.42. The molecule has 27 heavy (non-hydrogen) atoms. The zero-order chi connectivity index (χ0) is 19.6. The van der Waals surface area contributed by atoms with Crippen LogP contribution in [0.1, 0.15) is 34.9 Å². The maximum atomic E-state index is 13.4. The zero-order valence-electron chi connectivity index (χ0n) is 14.1. The SMILES string of the molecule is NC(c1ccc(F)c(Cl)c1)[C@H]1CCC(=O)N1CCSc1nc(C(=O)O)cs1. The van der Waals surface area contributed by atoms with E-state index in [9.17, 15) is 14.0 Å². The number of amides is 1. The van der Waals surface area contributed by atoms with Gasteiger partial charge in [-0.15, -0.1) is 11.3 Å². The van der Waals surface area contributed by atoms with Gasteiger partial charge in [0.05, 0.1) is 17.1 Å². The molecule has 3 N–H and O–H groups in total. The molecule has 1 amide bonds. The highest BCUT2D eigenvalue weighted by Gasteiger charge is 2.35. The zero-order valence-corrected chi connectivity index (χ0v) is 16.5. The van der Waals surface area contributed by atoms with Crippen LogP contribution in [0.15, 0.2) is 27.9 Å². The Morgan fingerprint density at radius 3 is 3.00 bits per heavy atom. The molecule has 6 nitrogen and oxygen atoms in total. The Morgan fingerprint density at radius 2 is 2.33 bits per heavy atom. The van der Waals surface area contributed by atoms with Gasteiger partial charge in [0, 0.05) is 24.1 Å². The fraction of sp³-hybridized carbons (Fsp3) is 0.353. The second-order valence-electron chi connectivity index (χ2n) is 6.04. The third-order valence-electron chi connectivity index (χ3n) is 4.38. The van der Waals surface area contributed by atoms with Crippen molar-refractivity contribution in [2.24, 2.45) is 5.73 Å². The first-order valence-electron chi connectivity index (χ1n) is 8.18. The third-order valence-corrected chi connectivity index (χ3v) is 6.67. The molecule has 1 saturated heterocycles. The summed E-state index contributed by atoms with van der Waals surface area (Å²) < 4.78 is 14.0. The summed E-state index contributed by atoms with van der Waals surface area (Å²) in [5, 5.41) is 10.4. The summed E-state index contributed by atoms with van der Waals surface area (Å²) in [4.78, 5) is 28.9. The molecule has 10 heteroatoms. The summed E-state index contributed by atoms with van der Waals surface area (Å²) in [6.07, 6.45) is 1.04. The lowest BCUT2D eigenvalue weighted by atomic mass is 9.98. The number of nitrogens with two attached hydrogens (primary N) is 1. The highest BCUT2D eigenvalue weighted by atomic mass is 35.5. The van der Waals surface area contributed by atoms with Crippen molar-refractivity contribution >= 4 is 46.6 Å². The molecule has 0 saturated carbocycles. The molecule has 0 spiro atoms. The maximum Gasteiger partial charge on any atom is 0.355 e. The van der Waals surface area contributed by atoms with E-state index in [0.29, 0.717) is 35.0 Å². The molecule has 1 unspecified atom stereocenters. The van der Waals surface area contributed by atoms with Crippen molar-refractivity contribution < 1.29 is 19.1 Å². The number of carbonyl (C=O) groups is 2. The van der Waals surface area contributed by atoms with E-state index in [1.807, 2.05) is 0 Å². The summed E-state index contributed by atoms with van der Waals surface area (Å²) >= 11 is 8.50. The van der Waals surface area contributed by atoms with E-state index in [2.05, 4.69) is 4.98 Å². The minimum atomic E-state index is -1.06. The number of nitrogens with zero attached hydrogens (tertiary/aromatic N) is 2. The normalized spacial score (nSPS) is 18.1. The standard InChI is InChI=1S/C17H17ClFN3O3S2/c18-10-7-9(1-2-11(10)19)15(20)13-3-4-14(23)22(13)5-6-26-17-21-12(8-27-17)16(24)25/h1-2,7-8,13,15H,3-6,20H2,(H,24,25)/t13-,15?/m1/s1. The number of aromatic carboxylic acids is 1. The van der Waals surface area contributed by atoms with Crippen LogP contribution >= 0.6 is 34.7 Å². The van der Waals surface area contributed by atoms with Crippen molar-refractivity contribution in [1.29, 1.82) is 0 Å². The number of halogens is 2. The Labute approximate surface area is 168 Å². The predicted molar refractivity (Wildman–Crippen MR) is 103 cm³/mol. The van der Waals surface area contributed by atoms with Crippen LogP contribution in [-0.4, -0.2) is 45.2 Å². The number of thioether (sulfide) groups is 1. The molecule has 3 rings (SSSR count). The minimum absolute atomic E-state index is 0.00684. The van der Waals surface area contributed by atoms with Crippen molar-refractivity contribution in [3.63, 3.8) is 0 Å². The van der Waals surface area contributed by atoms with Gasteiger partial charge in [-0.2, -0.15) is 0 Å². The van der Waals surface area contributed by atoms with Crippen LogP contribution < -0.4 is 5.73 Å². The van der Waals surface area contributed by atoms with E-state index in [-0.39, 0.29) is 22.7 Å². The number of thiazole rings is 1. The van der Waals surface area contributed by atoms with E-state index in [1.165, 1.54) is 40.6 Å². The van der Waals surface area contributed by atoms with Crippen LogP contribution in [0.4, 0.5) is 4.39 Å². The smallest absolute Gasteiger partial charge is 0.355 e.